The zero-order valence-electron chi connectivity index (χ0n) is 14.6. The molecule has 2 aromatic rings. The molecule has 4 nitrogen and oxygen atoms in total. The summed E-state index contributed by atoms with van der Waals surface area (Å²) in [4.78, 5) is 9.04. The van der Waals surface area contributed by atoms with E-state index in [2.05, 4.69) is 53.6 Å². The lowest BCUT2D eigenvalue weighted by Crippen LogP contribution is -2.33. The van der Waals surface area contributed by atoms with Gasteiger partial charge in [-0.3, -0.25) is 4.99 Å². The van der Waals surface area contributed by atoms with Gasteiger partial charge in [-0.1, -0.05) is 51.1 Å². The van der Waals surface area contributed by atoms with Crippen molar-refractivity contribution in [2.75, 3.05) is 13.1 Å². The van der Waals surface area contributed by atoms with Gasteiger partial charge in [0.2, 0.25) is 0 Å². The van der Waals surface area contributed by atoms with Crippen LogP contribution in [0.3, 0.4) is 0 Å². The van der Waals surface area contributed by atoms with E-state index in [0.717, 1.165) is 30.1 Å². The van der Waals surface area contributed by atoms with Crippen LogP contribution in [0.5, 0.6) is 0 Å². The summed E-state index contributed by atoms with van der Waals surface area (Å²) < 4.78 is 0. The van der Waals surface area contributed by atoms with Gasteiger partial charge in [0.1, 0.15) is 0 Å². The van der Waals surface area contributed by atoms with Crippen molar-refractivity contribution in [3.63, 3.8) is 0 Å². The number of guanidine groups is 1. The molecule has 6 heteroatoms. The number of benzene rings is 1. The van der Waals surface area contributed by atoms with Crippen LogP contribution in [-0.4, -0.2) is 24.0 Å². The maximum Gasteiger partial charge on any atom is 0.188 e. The van der Waals surface area contributed by atoms with E-state index in [1.54, 1.807) is 11.3 Å². The molecule has 0 aliphatic carbocycles. The van der Waals surface area contributed by atoms with Gasteiger partial charge in [-0.25, -0.2) is 4.98 Å². The molecule has 0 aliphatic heterocycles. The fraction of sp³-hybridized carbons (Fsp3) is 0.444. The molecule has 0 bridgehead atoms. The first kappa shape index (κ1) is 20.9. The van der Waals surface area contributed by atoms with E-state index in [1.165, 1.54) is 5.56 Å². The molecular weight excluding hydrogens is 431 g/mol. The molecule has 0 spiro atoms. The topological polar surface area (TPSA) is 63.3 Å². The Morgan fingerprint density at radius 2 is 1.92 bits per heavy atom. The standard InChI is InChI=1S/C18H26N4S.HI/c1-18(2,3)15-13-23-16(22-15)10-12-21-17(19)20-11-9-14-7-5-4-6-8-14;/h4-8,13H,9-12H2,1-3H3,(H3,19,20,21);1H. The maximum absolute atomic E-state index is 5.90. The summed E-state index contributed by atoms with van der Waals surface area (Å²) in [5.74, 6) is 0.508. The number of nitrogens with one attached hydrogen (secondary N) is 1. The van der Waals surface area contributed by atoms with Crippen LogP contribution in [0.2, 0.25) is 0 Å². The highest BCUT2D eigenvalue weighted by Gasteiger charge is 2.17. The van der Waals surface area contributed by atoms with Crippen LogP contribution in [0.4, 0.5) is 0 Å². The van der Waals surface area contributed by atoms with Gasteiger partial charge in [-0.15, -0.1) is 35.3 Å². The summed E-state index contributed by atoms with van der Waals surface area (Å²) >= 11 is 1.70. The maximum atomic E-state index is 5.90. The van der Waals surface area contributed by atoms with E-state index in [-0.39, 0.29) is 29.4 Å². The summed E-state index contributed by atoms with van der Waals surface area (Å²) in [6.45, 7) is 8.00. The second-order valence-electron chi connectivity index (χ2n) is 6.56. The Kier molecular flexibility index (Phi) is 8.69. The molecular formula is C18H27IN4S. The van der Waals surface area contributed by atoms with Crippen molar-refractivity contribution in [1.82, 2.24) is 10.3 Å². The molecule has 0 aliphatic rings. The molecule has 0 atom stereocenters. The van der Waals surface area contributed by atoms with Crippen LogP contribution in [0.25, 0.3) is 0 Å². The van der Waals surface area contributed by atoms with Gasteiger partial charge >= 0.3 is 0 Å². The van der Waals surface area contributed by atoms with E-state index >= 15 is 0 Å². The fourth-order valence-electron chi connectivity index (χ4n) is 2.08. The SMILES string of the molecule is CC(C)(C)c1csc(CCN=C(N)NCCc2ccccc2)n1.I. The minimum Gasteiger partial charge on any atom is -0.370 e. The average molecular weight is 458 g/mol. The molecule has 1 aromatic carbocycles. The van der Waals surface area contributed by atoms with E-state index < -0.39 is 0 Å². The molecule has 3 N–H and O–H groups in total. The summed E-state index contributed by atoms with van der Waals surface area (Å²) in [5, 5.41) is 6.42. The van der Waals surface area contributed by atoms with Crippen molar-refractivity contribution in [1.29, 1.82) is 0 Å². The molecule has 1 heterocycles. The quantitative estimate of drug-likeness (QED) is 0.394. The Balaban J connectivity index is 0.00000288. The van der Waals surface area contributed by atoms with Crippen molar-refractivity contribution in [3.8, 4) is 0 Å². The minimum absolute atomic E-state index is 0. The van der Waals surface area contributed by atoms with Gasteiger partial charge in [-0.05, 0) is 12.0 Å². The Hall–Kier alpha value is -1.15. The van der Waals surface area contributed by atoms with Gasteiger partial charge in [0.25, 0.3) is 0 Å². The predicted octanol–water partition coefficient (Wildman–Crippen LogP) is 3.75. The van der Waals surface area contributed by atoms with Crippen LogP contribution in [0.15, 0.2) is 40.7 Å². The average Bonchev–Trinajstić information content (AvgIpc) is 2.97. The molecule has 0 radical (unpaired) electrons. The largest absolute Gasteiger partial charge is 0.370 e. The van der Waals surface area contributed by atoms with E-state index in [4.69, 9.17) is 5.73 Å². The Morgan fingerprint density at radius 1 is 1.21 bits per heavy atom. The highest BCUT2D eigenvalue weighted by molar-refractivity contribution is 14.0. The third-order valence-electron chi connectivity index (χ3n) is 3.49. The second-order valence-corrected chi connectivity index (χ2v) is 7.50. The highest BCUT2D eigenvalue weighted by Crippen LogP contribution is 2.23. The normalized spacial score (nSPS) is 11.9. The van der Waals surface area contributed by atoms with Crippen molar-refractivity contribution in [3.05, 3.63) is 52.0 Å². The van der Waals surface area contributed by atoms with Crippen molar-refractivity contribution >= 4 is 41.3 Å². The third-order valence-corrected chi connectivity index (χ3v) is 4.40. The Morgan fingerprint density at radius 3 is 2.54 bits per heavy atom. The molecule has 24 heavy (non-hydrogen) atoms. The van der Waals surface area contributed by atoms with Crippen LogP contribution in [0, 0.1) is 0 Å². The molecule has 2 rings (SSSR count). The van der Waals surface area contributed by atoms with E-state index in [0.29, 0.717) is 12.5 Å². The minimum atomic E-state index is 0. The Bertz CT molecular complexity index is 632. The summed E-state index contributed by atoms with van der Waals surface area (Å²) in [5.41, 5.74) is 8.45. The number of aromatic nitrogens is 1. The third kappa shape index (κ3) is 7.17. The molecule has 1 aromatic heterocycles. The lowest BCUT2D eigenvalue weighted by atomic mass is 9.93. The summed E-state index contributed by atoms with van der Waals surface area (Å²) in [6.07, 6.45) is 1.78. The number of rotatable bonds is 6. The monoisotopic (exact) mass is 458 g/mol. The molecule has 0 saturated heterocycles. The van der Waals surface area contributed by atoms with E-state index in [1.807, 2.05) is 18.2 Å². The number of nitrogens with two attached hydrogens (primary N) is 1. The molecule has 0 unspecified atom stereocenters. The van der Waals surface area contributed by atoms with Gasteiger partial charge in [0, 0.05) is 30.3 Å². The molecule has 132 valence electrons. The predicted molar refractivity (Wildman–Crippen MR) is 115 cm³/mol. The second kappa shape index (κ2) is 9.98. The zero-order valence-corrected chi connectivity index (χ0v) is 17.7. The first-order chi connectivity index (χ1) is 10.9. The number of nitrogens with zero attached hydrogens (tertiary/aromatic N) is 2. The highest BCUT2D eigenvalue weighted by atomic mass is 127. The van der Waals surface area contributed by atoms with Crippen LogP contribution < -0.4 is 11.1 Å². The summed E-state index contributed by atoms with van der Waals surface area (Å²) in [6, 6.07) is 10.4. The number of hydrogen-bond acceptors (Lipinski definition) is 3. The Labute approximate surface area is 166 Å². The van der Waals surface area contributed by atoms with E-state index in [9.17, 15) is 0 Å². The van der Waals surface area contributed by atoms with Gasteiger partial charge in [-0.2, -0.15) is 0 Å². The number of halogens is 1. The summed E-state index contributed by atoms with van der Waals surface area (Å²) in [7, 11) is 0. The lowest BCUT2D eigenvalue weighted by molar-refractivity contribution is 0.571. The number of thiazole rings is 1. The first-order valence-electron chi connectivity index (χ1n) is 7.98. The van der Waals surface area contributed by atoms with Gasteiger partial charge in [0.05, 0.1) is 10.7 Å². The van der Waals surface area contributed by atoms with Crippen molar-refractivity contribution in [2.24, 2.45) is 10.7 Å². The van der Waals surface area contributed by atoms with Crippen LogP contribution in [0.1, 0.15) is 37.0 Å². The van der Waals surface area contributed by atoms with Gasteiger partial charge in [0.15, 0.2) is 5.96 Å². The zero-order chi connectivity index (χ0) is 16.7. The smallest absolute Gasteiger partial charge is 0.188 e. The van der Waals surface area contributed by atoms with Crippen molar-refractivity contribution < 1.29 is 0 Å². The molecule has 0 saturated carbocycles. The van der Waals surface area contributed by atoms with Crippen molar-refractivity contribution in [2.45, 2.75) is 39.0 Å². The first-order valence-corrected chi connectivity index (χ1v) is 8.86. The fourth-order valence-corrected chi connectivity index (χ4v) is 3.09. The van der Waals surface area contributed by atoms with Crippen LogP contribution in [-0.2, 0) is 18.3 Å². The lowest BCUT2D eigenvalue weighted by Gasteiger charge is -2.14. The number of hydrogen-bond donors (Lipinski definition) is 2. The molecule has 0 amide bonds. The molecule has 0 fully saturated rings. The van der Waals surface area contributed by atoms with Gasteiger partial charge < -0.3 is 11.1 Å². The number of aliphatic imine (C=N–C) groups is 1. The van der Waals surface area contributed by atoms with Crippen LogP contribution >= 0.6 is 35.3 Å².